The average molecular weight is 241 g/mol. The van der Waals surface area contributed by atoms with E-state index in [9.17, 15) is 4.39 Å². The van der Waals surface area contributed by atoms with E-state index in [-0.39, 0.29) is 11.9 Å². The topological polar surface area (TPSA) is 51.4 Å². The summed E-state index contributed by atoms with van der Waals surface area (Å²) < 4.78 is 17.7. The van der Waals surface area contributed by atoms with Crippen molar-refractivity contribution in [3.63, 3.8) is 0 Å². The molecule has 5 heteroatoms. The van der Waals surface area contributed by atoms with Crippen molar-refractivity contribution in [2.45, 2.75) is 12.5 Å². The van der Waals surface area contributed by atoms with Crippen LogP contribution in [0.25, 0.3) is 0 Å². The first-order valence-corrected chi connectivity index (χ1v) is 5.68. The lowest BCUT2D eigenvalue weighted by Gasteiger charge is -2.18. The van der Waals surface area contributed by atoms with Crippen LogP contribution in [0.15, 0.2) is 18.3 Å². The summed E-state index contributed by atoms with van der Waals surface area (Å²) in [6, 6.07) is 2.87. The first-order valence-electron chi connectivity index (χ1n) is 5.68. The highest BCUT2D eigenvalue weighted by Crippen LogP contribution is 2.11. The van der Waals surface area contributed by atoms with E-state index in [0.717, 1.165) is 25.2 Å². The molecule has 0 saturated heterocycles. The maximum atomic E-state index is 12.7. The second kappa shape index (κ2) is 7.32. The molecule has 1 atom stereocenters. The summed E-state index contributed by atoms with van der Waals surface area (Å²) in [6.45, 7) is 2.45. The molecule has 1 heterocycles. The Kier molecular flexibility index (Phi) is 6.04. The third-order valence-corrected chi connectivity index (χ3v) is 2.63. The Labute approximate surface area is 102 Å². The predicted octanol–water partition coefficient (Wildman–Crippen LogP) is 1.19. The number of ether oxygens (including phenoxy) is 1. The van der Waals surface area contributed by atoms with Crippen LogP contribution in [0.1, 0.15) is 18.2 Å². The van der Waals surface area contributed by atoms with E-state index in [2.05, 4.69) is 9.88 Å². The monoisotopic (exact) mass is 241 g/mol. The predicted molar refractivity (Wildman–Crippen MR) is 65.1 cm³/mol. The first-order chi connectivity index (χ1) is 8.13. The van der Waals surface area contributed by atoms with Gasteiger partial charge in [-0.2, -0.15) is 0 Å². The molecular formula is C12H20FN3O. The fourth-order valence-corrected chi connectivity index (χ4v) is 1.47. The van der Waals surface area contributed by atoms with Gasteiger partial charge >= 0.3 is 0 Å². The van der Waals surface area contributed by atoms with E-state index in [1.165, 1.54) is 12.3 Å². The Balaban J connectivity index is 2.34. The van der Waals surface area contributed by atoms with Gasteiger partial charge in [-0.15, -0.1) is 0 Å². The molecule has 0 aliphatic rings. The minimum atomic E-state index is -0.335. The number of hydrogen-bond donors (Lipinski definition) is 1. The minimum absolute atomic E-state index is 0.152. The van der Waals surface area contributed by atoms with Crippen molar-refractivity contribution in [2.24, 2.45) is 5.73 Å². The van der Waals surface area contributed by atoms with Crippen LogP contribution >= 0.6 is 0 Å². The molecule has 0 amide bonds. The second-order valence-corrected chi connectivity index (χ2v) is 4.09. The van der Waals surface area contributed by atoms with E-state index in [4.69, 9.17) is 10.5 Å². The Bertz CT molecular complexity index is 318. The van der Waals surface area contributed by atoms with Crippen LogP contribution in [0.4, 0.5) is 4.39 Å². The number of likely N-dealkylation sites (N-methyl/N-ethyl adjacent to an activating group) is 1. The largest absolute Gasteiger partial charge is 0.383 e. The van der Waals surface area contributed by atoms with Crippen LogP contribution in [-0.2, 0) is 4.74 Å². The number of nitrogens with two attached hydrogens (primary N) is 1. The van der Waals surface area contributed by atoms with Crippen molar-refractivity contribution in [3.05, 3.63) is 29.8 Å². The highest BCUT2D eigenvalue weighted by atomic mass is 19.1. The van der Waals surface area contributed by atoms with Gasteiger partial charge in [0.15, 0.2) is 0 Å². The lowest BCUT2D eigenvalue weighted by molar-refractivity contribution is 0.159. The number of nitrogens with zero attached hydrogens (tertiary/aromatic N) is 2. The van der Waals surface area contributed by atoms with E-state index < -0.39 is 0 Å². The van der Waals surface area contributed by atoms with E-state index in [1.54, 1.807) is 13.2 Å². The van der Waals surface area contributed by atoms with Gasteiger partial charge in [-0.3, -0.25) is 4.98 Å². The molecule has 0 bridgehead atoms. The fourth-order valence-electron chi connectivity index (χ4n) is 1.47. The van der Waals surface area contributed by atoms with Gasteiger partial charge in [0.2, 0.25) is 0 Å². The quantitative estimate of drug-likeness (QED) is 0.779. The zero-order chi connectivity index (χ0) is 12.7. The Morgan fingerprint density at radius 3 is 2.82 bits per heavy atom. The summed E-state index contributed by atoms with van der Waals surface area (Å²) in [4.78, 5) is 6.12. The van der Waals surface area contributed by atoms with Crippen LogP contribution in [0.5, 0.6) is 0 Å². The Morgan fingerprint density at radius 1 is 1.47 bits per heavy atom. The van der Waals surface area contributed by atoms with Crippen LogP contribution in [-0.4, -0.2) is 43.7 Å². The smallest absolute Gasteiger partial charge is 0.141 e. The zero-order valence-corrected chi connectivity index (χ0v) is 10.4. The van der Waals surface area contributed by atoms with Crippen molar-refractivity contribution in [1.82, 2.24) is 9.88 Å². The number of hydrogen-bond acceptors (Lipinski definition) is 4. The molecule has 0 aromatic carbocycles. The third-order valence-electron chi connectivity index (χ3n) is 2.63. The lowest BCUT2D eigenvalue weighted by atomic mass is 10.1. The summed E-state index contributed by atoms with van der Waals surface area (Å²) in [5, 5.41) is 0. The Morgan fingerprint density at radius 2 is 2.24 bits per heavy atom. The standard InChI is InChI=1S/C12H20FN3O/c1-16(7-8-17-2)6-5-11(14)12-4-3-10(13)9-15-12/h3-4,9,11H,5-8,14H2,1-2H3. The van der Waals surface area contributed by atoms with E-state index in [1.807, 2.05) is 7.05 Å². The van der Waals surface area contributed by atoms with Gasteiger partial charge in [0.25, 0.3) is 0 Å². The molecule has 96 valence electrons. The zero-order valence-electron chi connectivity index (χ0n) is 10.4. The van der Waals surface area contributed by atoms with Gasteiger partial charge in [0.1, 0.15) is 5.82 Å². The molecule has 0 spiro atoms. The fraction of sp³-hybridized carbons (Fsp3) is 0.583. The number of rotatable bonds is 7. The highest BCUT2D eigenvalue weighted by molar-refractivity contribution is 5.09. The summed E-state index contributed by atoms with van der Waals surface area (Å²) in [6.07, 6.45) is 1.99. The van der Waals surface area contributed by atoms with Crippen molar-refractivity contribution >= 4 is 0 Å². The van der Waals surface area contributed by atoms with Gasteiger partial charge in [0, 0.05) is 19.7 Å². The van der Waals surface area contributed by atoms with Gasteiger partial charge < -0.3 is 15.4 Å². The molecule has 0 saturated carbocycles. The summed E-state index contributed by atoms with van der Waals surface area (Å²) in [5.74, 6) is -0.335. The molecule has 0 aliphatic heterocycles. The van der Waals surface area contributed by atoms with Crippen molar-refractivity contribution < 1.29 is 9.13 Å². The molecule has 4 nitrogen and oxygen atoms in total. The molecule has 1 aromatic heterocycles. The average Bonchev–Trinajstić information content (AvgIpc) is 2.34. The van der Waals surface area contributed by atoms with Crippen LogP contribution < -0.4 is 5.73 Å². The van der Waals surface area contributed by atoms with Crippen molar-refractivity contribution in [3.8, 4) is 0 Å². The summed E-state index contributed by atoms with van der Waals surface area (Å²) >= 11 is 0. The van der Waals surface area contributed by atoms with Gasteiger partial charge in [-0.05, 0) is 32.1 Å². The van der Waals surface area contributed by atoms with E-state index in [0.29, 0.717) is 6.61 Å². The van der Waals surface area contributed by atoms with Crippen molar-refractivity contribution in [1.29, 1.82) is 0 Å². The highest BCUT2D eigenvalue weighted by Gasteiger charge is 2.08. The second-order valence-electron chi connectivity index (χ2n) is 4.09. The van der Waals surface area contributed by atoms with Crippen molar-refractivity contribution in [2.75, 3.05) is 33.9 Å². The van der Waals surface area contributed by atoms with Gasteiger partial charge in [-0.1, -0.05) is 0 Å². The molecule has 1 unspecified atom stereocenters. The van der Waals surface area contributed by atoms with Crippen LogP contribution in [0.3, 0.4) is 0 Å². The molecule has 0 fully saturated rings. The summed E-state index contributed by atoms with van der Waals surface area (Å²) in [7, 11) is 3.70. The lowest BCUT2D eigenvalue weighted by Crippen LogP contribution is -2.27. The molecule has 1 aromatic rings. The van der Waals surface area contributed by atoms with E-state index >= 15 is 0 Å². The Hall–Kier alpha value is -1.04. The minimum Gasteiger partial charge on any atom is -0.383 e. The molecule has 17 heavy (non-hydrogen) atoms. The molecule has 0 radical (unpaired) electrons. The molecule has 0 aliphatic carbocycles. The number of aromatic nitrogens is 1. The summed E-state index contributed by atoms with van der Waals surface area (Å²) in [5.41, 5.74) is 6.71. The van der Waals surface area contributed by atoms with Gasteiger partial charge in [0.05, 0.1) is 18.5 Å². The first kappa shape index (κ1) is 14.0. The molecule has 1 rings (SSSR count). The van der Waals surface area contributed by atoms with Crippen LogP contribution in [0.2, 0.25) is 0 Å². The van der Waals surface area contributed by atoms with Gasteiger partial charge in [-0.25, -0.2) is 4.39 Å². The maximum Gasteiger partial charge on any atom is 0.141 e. The maximum absolute atomic E-state index is 12.7. The number of pyridine rings is 1. The SMILES string of the molecule is COCCN(C)CCC(N)c1ccc(F)cn1. The molecular weight excluding hydrogens is 221 g/mol. The normalized spacial score (nSPS) is 13.0. The van der Waals surface area contributed by atoms with Crippen LogP contribution in [0, 0.1) is 5.82 Å². The molecule has 2 N–H and O–H groups in total. The number of methoxy groups -OCH3 is 1. The number of halogens is 1. The third kappa shape index (κ3) is 5.21.